The van der Waals surface area contributed by atoms with E-state index in [9.17, 15) is 0 Å². The Balaban J connectivity index is 0. The summed E-state index contributed by atoms with van der Waals surface area (Å²) in [6.07, 6.45) is 0. The van der Waals surface area contributed by atoms with Crippen LogP contribution in [0.5, 0.6) is 0 Å². The molecule has 22 valence electrons. The van der Waals surface area contributed by atoms with E-state index in [0.29, 0.717) is 0 Å². The molecule has 6 radical (unpaired) electrons. The lowest BCUT2D eigenvalue weighted by Gasteiger charge is -0.148. The molecular formula is H2B2Cl2. The molecule has 0 fully saturated rings. The van der Waals surface area contributed by atoms with Crippen LogP contribution in [0.3, 0.4) is 0 Å². The second-order valence-corrected chi connectivity index (χ2v) is 0. The minimum atomic E-state index is 0. The van der Waals surface area contributed by atoms with Gasteiger partial charge in [-0.15, -0.1) is 24.8 Å². The molecule has 4 heteroatoms. The van der Waals surface area contributed by atoms with Gasteiger partial charge in [-0.1, -0.05) is 0 Å². The van der Waals surface area contributed by atoms with E-state index < -0.39 is 0 Å². The van der Waals surface area contributed by atoms with Crippen molar-refractivity contribution in [3.8, 4) is 0 Å². The van der Waals surface area contributed by atoms with Crippen molar-refractivity contribution < 1.29 is 0 Å². The van der Waals surface area contributed by atoms with Crippen molar-refractivity contribution in [3.63, 3.8) is 0 Å². The number of hydrogen-bond acceptors (Lipinski definition) is 0. The van der Waals surface area contributed by atoms with Gasteiger partial charge < -0.3 is 0 Å². The molecule has 0 aromatic rings. The van der Waals surface area contributed by atoms with Crippen LogP contribution in [-0.4, -0.2) is 16.8 Å². The Hall–Kier alpha value is 0.710. The maximum Gasteiger partial charge on any atom is 0 e. The molecule has 0 aliphatic heterocycles. The van der Waals surface area contributed by atoms with Crippen LogP contribution >= 0.6 is 24.8 Å². The van der Waals surface area contributed by atoms with Gasteiger partial charge in [-0.25, -0.2) is 0 Å². The fourth-order valence-electron chi connectivity index (χ4n) is 0. The lowest BCUT2D eigenvalue weighted by molar-refractivity contribution is 5.75. The van der Waals surface area contributed by atoms with Gasteiger partial charge in [0.2, 0.25) is 0 Å². The summed E-state index contributed by atoms with van der Waals surface area (Å²) in [6, 6.07) is 0. The summed E-state index contributed by atoms with van der Waals surface area (Å²) in [5.74, 6) is 0. The van der Waals surface area contributed by atoms with Crippen molar-refractivity contribution in [1.82, 2.24) is 0 Å². The molecule has 0 N–H and O–H groups in total. The Morgan fingerprint density at radius 1 is 0.500 bits per heavy atom. The maximum atomic E-state index is 0. The summed E-state index contributed by atoms with van der Waals surface area (Å²) in [5.41, 5.74) is 0. The first-order valence-electron chi connectivity index (χ1n) is 0. The van der Waals surface area contributed by atoms with Crippen LogP contribution in [-0.2, 0) is 0 Å². The third-order valence-electron chi connectivity index (χ3n) is 0. The smallest absolute Gasteiger partial charge is 0 e. The second kappa shape index (κ2) is 54.1. The first-order chi connectivity index (χ1) is 0. The summed E-state index contributed by atoms with van der Waals surface area (Å²) in [5, 5.41) is 0. The topological polar surface area (TPSA) is 0 Å². The van der Waals surface area contributed by atoms with Gasteiger partial charge in [0.1, 0.15) is 0 Å². The van der Waals surface area contributed by atoms with Gasteiger partial charge >= 0.3 is 0 Å². The molecular weight excluding hydrogens is 92.5 g/mol. The molecule has 0 aliphatic rings. The fourth-order valence-corrected chi connectivity index (χ4v) is 0. The molecule has 0 nitrogen and oxygen atoms in total. The quantitative estimate of drug-likeness (QED) is 0.373. The van der Waals surface area contributed by atoms with Crippen molar-refractivity contribution in [3.05, 3.63) is 0 Å². The van der Waals surface area contributed by atoms with Crippen molar-refractivity contribution >= 4 is 41.6 Å². The highest BCUT2D eigenvalue weighted by Crippen LogP contribution is 0.691. The van der Waals surface area contributed by atoms with Gasteiger partial charge in [-0.2, -0.15) is 0 Å². The zero-order valence-electron chi connectivity index (χ0n) is 1.97. The Bertz CT molecular complexity index is 4.00. The van der Waals surface area contributed by atoms with Crippen molar-refractivity contribution in [2.75, 3.05) is 0 Å². The molecule has 0 heterocycles. The van der Waals surface area contributed by atoms with E-state index in [1.54, 1.807) is 0 Å². The maximum absolute atomic E-state index is 0. The summed E-state index contributed by atoms with van der Waals surface area (Å²) in [4.78, 5) is 0. The van der Waals surface area contributed by atoms with E-state index in [-0.39, 0.29) is 41.6 Å². The van der Waals surface area contributed by atoms with E-state index >= 15 is 0 Å². The molecule has 0 spiro atoms. The minimum Gasteiger partial charge on any atom is -0.147 e. The first kappa shape index (κ1) is 129. The average Bonchev–Trinajstić information content (AvgIpc) is 0. The van der Waals surface area contributed by atoms with Gasteiger partial charge in [0, 0.05) is 16.8 Å². The third kappa shape index (κ3) is 15.7. The minimum absolute atomic E-state index is 0. The fraction of sp³-hybridized carbons (Fsp3) is 0. The van der Waals surface area contributed by atoms with Gasteiger partial charge in [0.15, 0.2) is 0 Å². The highest BCUT2D eigenvalue weighted by molar-refractivity contribution is 5.85. The molecule has 0 amide bonds. The van der Waals surface area contributed by atoms with Crippen LogP contribution in [0.1, 0.15) is 0 Å². The molecule has 4 heavy (non-hydrogen) atoms. The number of rotatable bonds is 0. The van der Waals surface area contributed by atoms with E-state index in [1.165, 1.54) is 0 Å². The van der Waals surface area contributed by atoms with Crippen LogP contribution < -0.4 is 0 Å². The molecule has 0 unspecified atom stereocenters. The largest absolute Gasteiger partial charge is 0.147 e. The number of hydrogen-bond donors (Lipinski definition) is 0. The molecule has 0 bridgehead atoms. The lowest BCUT2D eigenvalue weighted by Crippen LogP contribution is -0.382. The summed E-state index contributed by atoms with van der Waals surface area (Å²) in [6.45, 7) is 0. The zero-order valence-corrected chi connectivity index (χ0v) is 3.60. The van der Waals surface area contributed by atoms with E-state index in [0.717, 1.165) is 0 Å². The second-order valence-electron chi connectivity index (χ2n) is 0. The van der Waals surface area contributed by atoms with Crippen LogP contribution in [0.15, 0.2) is 0 Å². The van der Waals surface area contributed by atoms with Gasteiger partial charge in [-0.3, -0.25) is 0 Å². The molecule has 0 aromatic carbocycles. The van der Waals surface area contributed by atoms with Crippen LogP contribution in [0.25, 0.3) is 0 Å². The third-order valence-corrected chi connectivity index (χ3v) is 0. The molecule has 0 saturated carbocycles. The Morgan fingerprint density at radius 3 is 0.500 bits per heavy atom. The van der Waals surface area contributed by atoms with Gasteiger partial charge in [-0.05, 0) is 0 Å². The molecule has 0 aliphatic carbocycles. The van der Waals surface area contributed by atoms with E-state index in [4.69, 9.17) is 0 Å². The highest BCUT2D eigenvalue weighted by atomic mass is 35.5. The summed E-state index contributed by atoms with van der Waals surface area (Å²) in [7, 11) is 0. The van der Waals surface area contributed by atoms with Gasteiger partial charge in [0.05, 0.1) is 0 Å². The Labute approximate surface area is 42.3 Å². The van der Waals surface area contributed by atoms with Crippen molar-refractivity contribution in [2.24, 2.45) is 0 Å². The highest BCUT2D eigenvalue weighted by Gasteiger charge is 0.00103. The Kier molecular flexibility index (Phi) is 1740. The predicted octanol–water partition coefficient (Wildman–Crippen LogP) is 0.0820. The first-order valence-corrected chi connectivity index (χ1v) is 0. The van der Waals surface area contributed by atoms with Crippen LogP contribution in [0.4, 0.5) is 0 Å². The van der Waals surface area contributed by atoms with Crippen LogP contribution in [0, 0.1) is 0 Å². The van der Waals surface area contributed by atoms with Crippen molar-refractivity contribution in [2.45, 2.75) is 0 Å². The van der Waals surface area contributed by atoms with E-state index in [1.807, 2.05) is 0 Å². The monoisotopic (exact) mass is 94.0 g/mol. The SMILES string of the molecule is Cl.Cl.[B].[B]. The number of halogens is 2. The average molecular weight is 94.5 g/mol. The molecule has 0 rings (SSSR count). The Morgan fingerprint density at radius 2 is 0.500 bits per heavy atom. The molecule has 0 saturated heterocycles. The summed E-state index contributed by atoms with van der Waals surface area (Å²) >= 11 is 0. The summed E-state index contributed by atoms with van der Waals surface area (Å²) < 4.78 is 0. The lowest BCUT2D eigenvalue weighted by atomic mass is 10.8. The normalized spacial score (nSPS) is 0. The predicted molar refractivity (Wildman–Crippen MR) is 26.0 cm³/mol. The molecule has 0 aromatic heterocycles. The van der Waals surface area contributed by atoms with Crippen molar-refractivity contribution in [1.29, 1.82) is 0 Å². The van der Waals surface area contributed by atoms with E-state index in [2.05, 4.69) is 0 Å². The van der Waals surface area contributed by atoms with Gasteiger partial charge in [0.25, 0.3) is 0 Å². The zero-order chi connectivity index (χ0) is 0. The molecule has 0 atom stereocenters. The standard InChI is InChI=1S/2B.2ClH/h;;2*1H. The van der Waals surface area contributed by atoms with Crippen LogP contribution in [0.2, 0.25) is 0 Å².